The summed E-state index contributed by atoms with van der Waals surface area (Å²) in [6.07, 6.45) is 0. The van der Waals surface area contributed by atoms with Crippen LogP contribution in [0.15, 0.2) is 36.4 Å². The number of rotatable bonds is 7. The van der Waals surface area contributed by atoms with Gasteiger partial charge in [-0.25, -0.2) is 0 Å². The van der Waals surface area contributed by atoms with E-state index in [1.807, 2.05) is 38.1 Å². The van der Waals surface area contributed by atoms with Crippen LogP contribution in [-0.4, -0.2) is 41.9 Å². The SMILES string of the molecule is COc1cc2c(cc(C(=O)NC3(c4ccc(C(C(=O)O)C(C)C)cc4)COC3)n2C)c(Cl)c1Cl. The summed E-state index contributed by atoms with van der Waals surface area (Å²) in [4.78, 5) is 25.0. The quantitative estimate of drug-likeness (QED) is 0.473. The topological polar surface area (TPSA) is 89.8 Å². The highest BCUT2D eigenvalue weighted by atomic mass is 35.5. The Labute approximate surface area is 207 Å². The molecule has 2 aromatic carbocycles. The van der Waals surface area contributed by atoms with E-state index in [4.69, 9.17) is 32.7 Å². The van der Waals surface area contributed by atoms with Crippen molar-refractivity contribution in [2.75, 3.05) is 20.3 Å². The predicted octanol–water partition coefficient (Wildman–Crippen LogP) is 4.97. The molecule has 1 saturated heterocycles. The average Bonchev–Trinajstić information content (AvgIpc) is 3.10. The Morgan fingerprint density at radius 2 is 1.79 bits per heavy atom. The number of nitrogens with zero attached hydrogens (tertiary/aromatic N) is 1. The van der Waals surface area contributed by atoms with Crippen LogP contribution in [0.5, 0.6) is 5.75 Å². The molecule has 0 saturated carbocycles. The van der Waals surface area contributed by atoms with Gasteiger partial charge < -0.3 is 24.5 Å². The van der Waals surface area contributed by atoms with Crippen molar-refractivity contribution < 1.29 is 24.2 Å². The van der Waals surface area contributed by atoms with E-state index in [0.717, 1.165) is 11.1 Å². The maximum absolute atomic E-state index is 13.3. The summed E-state index contributed by atoms with van der Waals surface area (Å²) < 4.78 is 12.5. The Kier molecular flexibility index (Phi) is 6.55. The minimum atomic E-state index is -0.857. The average molecular weight is 505 g/mol. The highest BCUT2D eigenvalue weighted by Gasteiger charge is 2.42. The van der Waals surface area contributed by atoms with Crippen LogP contribution in [0.25, 0.3) is 10.9 Å². The molecule has 2 N–H and O–H groups in total. The number of nitrogens with one attached hydrogen (secondary N) is 1. The number of benzene rings is 2. The number of carbonyl (C=O) groups excluding carboxylic acids is 1. The lowest BCUT2D eigenvalue weighted by Crippen LogP contribution is -2.59. The Bertz CT molecular complexity index is 1260. The maximum Gasteiger partial charge on any atom is 0.311 e. The largest absolute Gasteiger partial charge is 0.495 e. The smallest absolute Gasteiger partial charge is 0.311 e. The molecule has 0 aliphatic carbocycles. The van der Waals surface area contributed by atoms with Crippen molar-refractivity contribution in [1.29, 1.82) is 0 Å². The third-order valence-electron chi connectivity index (χ3n) is 6.45. The molecule has 0 spiro atoms. The molecule has 1 aliphatic rings. The van der Waals surface area contributed by atoms with Crippen LogP contribution < -0.4 is 10.1 Å². The van der Waals surface area contributed by atoms with E-state index in [2.05, 4.69) is 5.32 Å². The van der Waals surface area contributed by atoms with Crippen molar-refractivity contribution in [3.63, 3.8) is 0 Å². The van der Waals surface area contributed by atoms with Crippen LogP contribution in [-0.2, 0) is 22.1 Å². The molecule has 2 heterocycles. The molecule has 0 radical (unpaired) electrons. The zero-order valence-corrected chi connectivity index (χ0v) is 20.8. The molecule has 34 heavy (non-hydrogen) atoms. The van der Waals surface area contributed by atoms with Gasteiger partial charge in [0.2, 0.25) is 0 Å². The van der Waals surface area contributed by atoms with Gasteiger partial charge in [-0.05, 0) is 23.1 Å². The summed E-state index contributed by atoms with van der Waals surface area (Å²) in [7, 11) is 3.28. The zero-order chi connectivity index (χ0) is 24.8. The molecule has 180 valence electrons. The Balaban J connectivity index is 1.65. The molecule has 1 atom stereocenters. The number of hydrogen-bond acceptors (Lipinski definition) is 4. The van der Waals surface area contributed by atoms with Crippen LogP contribution in [0.1, 0.15) is 41.4 Å². The van der Waals surface area contributed by atoms with Gasteiger partial charge in [-0.1, -0.05) is 61.3 Å². The zero-order valence-electron chi connectivity index (χ0n) is 19.3. The van der Waals surface area contributed by atoms with Gasteiger partial charge in [0.25, 0.3) is 5.91 Å². The number of aryl methyl sites for hydroxylation is 1. The normalized spacial score (nSPS) is 15.7. The number of carboxylic acid groups (broad SMARTS) is 1. The highest BCUT2D eigenvalue weighted by Crippen LogP contribution is 2.40. The predicted molar refractivity (Wildman–Crippen MR) is 131 cm³/mol. The van der Waals surface area contributed by atoms with Gasteiger partial charge in [0.1, 0.15) is 22.0 Å². The third kappa shape index (κ3) is 4.02. The summed E-state index contributed by atoms with van der Waals surface area (Å²) in [5.74, 6) is -1.36. The number of hydrogen-bond donors (Lipinski definition) is 2. The van der Waals surface area contributed by atoms with Gasteiger partial charge in [0, 0.05) is 18.5 Å². The van der Waals surface area contributed by atoms with Gasteiger partial charge >= 0.3 is 5.97 Å². The highest BCUT2D eigenvalue weighted by molar-refractivity contribution is 6.46. The molecule has 0 bridgehead atoms. The first kappa shape index (κ1) is 24.4. The molecule has 1 amide bonds. The van der Waals surface area contributed by atoms with Gasteiger partial charge in [-0.2, -0.15) is 0 Å². The molecular formula is C25H26Cl2N2O5. The summed E-state index contributed by atoms with van der Waals surface area (Å²) in [6.45, 7) is 4.39. The van der Waals surface area contributed by atoms with Crippen LogP contribution >= 0.6 is 23.2 Å². The number of carboxylic acids is 1. The van der Waals surface area contributed by atoms with E-state index in [0.29, 0.717) is 45.6 Å². The Hall–Kier alpha value is -2.74. The number of aromatic nitrogens is 1. The van der Waals surface area contributed by atoms with Gasteiger partial charge in [-0.15, -0.1) is 0 Å². The van der Waals surface area contributed by atoms with E-state index in [1.54, 1.807) is 23.7 Å². The fourth-order valence-corrected chi connectivity index (χ4v) is 4.95. The summed E-state index contributed by atoms with van der Waals surface area (Å²) in [5, 5.41) is 14.0. The van der Waals surface area contributed by atoms with Gasteiger partial charge in [-0.3, -0.25) is 9.59 Å². The molecule has 4 rings (SSSR count). The number of methoxy groups -OCH3 is 1. The molecule has 3 aromatic rings. The number of amides is 1. The number of aliphatic carboxylic acids is 1. The molecule has 9 heteroatoms. The first-order valence-electron chi connectivity index (χ1n) is 10.8. The van der Waals surface area contributed by atoms with Crippen molar-refractivity contribution in [2.24, 2.45) is 13.0 Å². The molecule has 1 fully saturated rings. The number of fused-ring (bicyclic) bond motifs is 1. The minimum absolute atomic E-state index is 0.0468. The maximum atomic E-state index is 13.3. The van der Waals surface area contributed by atoms with Crippen molar-refractivity contribution in [3.05, 3.63) is 63.3 Å². The summed E-state index contributed by atoms with van der Waals surface area (Å²) in [5.41, 5.74) is 2.00. The lowest BCUT2D eigenvalue weighted by molar-refractivity contribution is -0.139. The second kappa shape index (κ2) is 9.13. The lowest BCUT2D eigenvalue weighted by Gasteiger charge is -2.42. The second-order valence-corrected chi connectivity index (χ2v) is 9.70. The molecule has 7 nitrogen and oxygen atoms in total. The van der Waals surface area contributed by atoms with Gasteiger partial charge in [0.15, 0.2) is 0 Å². The van der Waals surface area contributed by atoms with Crippen LogP contribution in [0.3, 0.4) is 0 Å². The van der Waals surface area contributed by atoms with E-state index < -0.39 is 17.4 Å². The number of halogens is 2. The van der Waals surface area contributed by atoms with Crippen LogP contribution in [0, 0.1) is 5.92 Å². The summed E-state index contributed by atoms with van der Waals surface area (Å²) in [6, 6.07) is 10.8. The van der Waals surface area contributed by atoms with Crippen molar-refractivity contribution >= 4 is 46.0 Å². The third-order valence-corrected chi connectivity index (χ3v) is 7.31. The first-order chi connectivity index (χ1) is 16.1. The van der Waals surface area contributed by atoms with E-state index >= 15 is 0 Å². The van der Waals surface area contributed by atoms with Crippen molar-refractivity contribution in [2.45, 2.75) is 25.3 Å². The van der Waals surface area contributed by atoms with Crippen LogP contribution in [0.2, 0.25) is 10.0 Å². The van der Waals surface area contributed by atoms with E-state index in [9.17, 15) is 14.7 Å². The fraction of sp³-hybridized carbons (Fsp3) is 0.360. The second-order valence-electron chi connectivity index (χ2n) is 8.94. The standard InChI is InChI=1S/C25H26Cl2N2O5/c1-13(2)20(24(31)32)14-5-7-15(8-6-14)25(11-34-12-25)28-23(30)18-9-16-17(29(18)3)10-19(33-4)22(27)21(16)26/h5-10,13,20H,11-12H2,1-4H3,(H,28,30)(H,31,32). The lowest BCUT2D eigenvalue weighted by atomic mass is 9.84. The minimum Gasteiger partial charge on any atom is -0.495 e. The molecular weight excluding hydrogens is 479 g/mol. The Morgan fingerprint density at radius 1 is 1.15 bits per heavy atom. The molecule has 1 aliphatic heterocycles. The van der Waals surface area contributed by atoms with Crippen molar-refractivity contribution in [1.82, 2.24) is 9.88 Å². The van der Waals surface area contributed by atoms with Gasteiger partial charge in [0.05, 0.1) is 36.8 Å². The number of carbonyl (C=O) groups is 2. The van der Waals surface area contributed by atoms with E-state index in [-0.39, 0.29) is 11.8 Å². The first-order valence-corrected chi connectivity index (χ1v) is 11.6. The monoisotopic (exact) mass is 504 g/mol. The molecule has 1 unspecified atom stereocenters. The van der Waals surface area contributed by atoms with Crippen molar-refractivity contribution in [3.8, 4) is 5.75 Å². The summed E-state index contributed by atoms with van der Waals surface area (Å²) >= 11 is 12.7. The molecule has 1 aromatic heterocycles. The fourth-order valence-electron chi connectivity index (χ4n) is 4.47. The number of ether oxygens (including phenoxy) is 2. The Morgan fingerprint density at radius 3 is 2.29 bits per heavy atom. The van der Waals surface area contributed by atoms with E-state index in [1.165, 1.54) is 7.11 Å². The van der Waals surface area contributed by atoms with Crippen LogP contribution in [0.4, 0.5) is 0 Å².